The van der Waals surface area contributed by atoms with E-state index in [0.717, 1.165) is 17.5 Å². The Balaban J connectivity index is 1.68. The maximum atomic E-state index is 13.6. The van der Waals surface area contributed by atoms with Gasteiger partial charge in [0, 0.05) is 23.4 Å². The Morgan fingerprint density at radius 3 is 2.43 bits per heavy atom. The molecule has 0 saturated carbocycles. The molecule has 0 radical (unpaired) electrons. The molecule has 3 aromatic rings. The summed E-state index contributed by atoms with van der Waals surface area (Å²) < 4.78 is 6.55. The molecule has 0 spiro atoms. The molecule has 182 valence electrons. The number of amides is 2. The summed E-state index contributed by atoms with van der Waals surface area (Å²) in [5.41, 5.74) is 4.46. The fourth-order valence-electron chi connectivity index (χ4n) is 4.14. The lowest BCUT2D eigenvalue weighted by Crippen LogP contribution is -2.42. The summed E-state index contributed by atoms with van der Waals surface area (Å²) in [5, 5.41) is 2.88. The number of nitrogens with zero attached hydrogens (tertiary/aromatic N) is 3. The lowest BCUT2D eigenvalue weighted by atomic mass is 10.1. The van der Waals surface area contributed by atoms with E-state index in [0.29, 0.717) is 35.7 Å². The average Bonchev–Trinajstić information content (AvgIpc) is 2.86. The molecular weight excluding hydrogens is 444 g/mol. The van der Waals surface area contributed by atoms with E-state index in [1.807, 2.05) is 55.5 Å². The van der Waals surface area contributed by atoms with Crippen LogP contribution >= 0.6 is 0 Å². The first-order valence-electron chi connectivity index (χ1n) is 11.9. The highest BCUT2D eigenvalue weighted by molar-refractivity contribution is 5.90. The van der Waals surface area contributed by atoms with Crippen LogP contribution < -0.4 is 10.9 Å². The van der Waals surface area contributed by atoms with Crippen molar-refractivity contribution in [2.24, 2.45) is 0 Å². The molecule has 2 amide bonds. The molecule has 0 saturated heterocycles. The molecule has 0 aliphatic carbocycles. The van der Waals surface area contributed by atoms with Gasteiger partial charge in [-0.1, -0.05) is 48.9 Å². The van der Waals surface area contributed by atoms with Gasteiger partial charge in [0.1, 0.15) is 12.4 Å². The minimum absolute atomic E-state index is 0.167. The number of rotatable bonds is 6. The number of carbonyl (C=O) groups excluding carboxylic acids is 2. The first-order chi connectivity index (χ1) is 16.9. The number of nitrogens with one attached hydrogen (secondary N) is 1. The number of aryl methyl sites for hydroxylation is 2. The van der Waals surface area contributed by atoms with Crippen LogP contribution in [0.2, 0.25) is 0 Å². The van der Waals surface area contributed by atoms with E-state index in [9.17, 15) is 14.4 Å². The molecule has 0 unspecified atom stereocenters. The van der Waals surface area contributed by atoms with Crippen LogP contribution in [0.3, 0.4) is 0 Å². The van der Waals surface area contributed by atoms with Gasteiger partial charge in [0.15, 0.2) is 0 Å². The quantitative estimate of drug-likeness (QED) is 0.584. The summed E-state index contributed by atoms with van der Waals surface area (Å²) in [7, 11) is 0. The lowest BCUT2D eigenvalue weighted by Gasteiger charge is -2.28. The molecule has 1 N–H and O–H groups in total. The molecule has 8 heteroatoms. The smallest absolute Gasteiger partial charge is 0.410 e. The number of hydrogen-bond acceptors (Lipinski definition) is 5. The number of anilines is 1. The Kier molecular flexibility index (Phi) is 7.29. The Labute approximate surface area is 204 Å². The van der Waals surface area contributed by atoms with Gasteiger partial charge in [0.25, 0.3) is 5.56 Å². The Morgan fingerprint density at radius 2 is 1.77 bits per heavy atom. The van der Waals surface area contributed by atoms with Gasteiger partial charge in [-0.05, 0) is 44.4 Å². The van der Waals surface area contributed by atoms with Gasteiger partial charge in [-0.25, -0.2) is 9.78 Å². The Morgan fingerprint density at radius 1 is 1.06 bits per heavy atom. The van der Waals surface area contributed by atoms with Crippen molar-refractivity contribution in [2.75, 3.05) is 18.5 Å². The summed E-state index contributed by atoms with van der Waals surface area (Å²) in [6.45, 7) is 6.47. The summed E-state index contributed by atoms with van der Waals surface area (Å²) >= 11 is 0. The third kappa shape index (κ3) is 5.42. The fraction of sp³-hybridized carbons (Fsp3) is 0.333. The summed E-state index contributed by atoms with van der Waals surface area (Å²) in [6.07, 6.45) is 0.848. The van der Waals surface area contributed by atoms with Crippen LogP contribution in [0, 0.1) is 6.92 Å². The van der Waals surface area contributed by atoms with Crippen LogP contribution in [0.25, 0.3) is 11.4 Å². The van der Waals surface area contributed by atoms with Gasteiger partial charge in [-0.15, -0.1) is 0 Å². The highest BCUT2D eigenvalue weighted by Gasteiger charge is 2.27. The SMILES string of the molecule is CCOC(=O)N1CCc2c(nc(-c3ccc(C)cc3)n(CC(=O)Nc3ccc(CC)cc3)c2=O)C1. The van der Waals surface area contributed by atoms with Crippen LogP contribution in [0.15, 0.2) is 53.3 Å². The molecule has 8 nitrogen and oxygen atoms in total. The van der Waals surface area contributed by atoms with Crippen LogP contribution in [0.4, 0.5) is 10.5 Å². The first-order valence-corrected chi connectivity index (χ1v) is 11.9. The first kappa shape index (κ1) is 24.2. The molecule has 2 aromatic carbocycles. The van der Waals surface area contributed by atoms with E-state index >= 15 is 0 Å². The van der Waals surface area contributed by atoms with Crippen LogP contribution in [-0.2, 0) is 35.5 Å². The minimum atomic E-state index is -0.422. The summed E-state index contributed by atoms with van der Waals surface area (Å²) in [5.74, 6) is 0.0892. The van der Waals surface area contributed by atoms with Crippen molar-refractivity contribution in [2.45, 2.75) is 46.7 Å². The van der Waals surface area contributed by atoms with Crippen molar-refractivity contribution >= 4 is 17.7 Å². The lowest BCUT2D eigenvalue weighted by molar-refractivity contribution is -0.116. The number of aromatic nitrogens is 2. The summed E-state index contributed by atoms with van der Waals surface area (Å²) in [6, 6.07) is 15.3. The highest BCUT2D eigenvalue weighted by Crippen LogP contribution is 2.22. The van der Waals surface area contributed by atoms with Crippen molar-refractivity contribution < 1.29 is 14.3 Å². The van der Waals surface area contributed by atoms with E-state index < -0.39 is 6.09 Å². The normalized spacial score (nSPS) is 12.7. The predicted molar refractivity (Wildman–Crippen MR) is 134 cm³/mol. The standard InChI is InChI=1S/C27H30N4O4/c1-4-19-8-12-21(13-9-19)28-24(32)17-31-25(20-10-6-18(3)7-11-20)29-23-16-30(27(34)35-5-2)15-14-22(23)26(31)33/h6-13H,4-5,14-17H2,1-3H3,(H,28,32). The maximum Gasteiger partial charge on any atom is 0.410 e. The van der Waals surface area contributed by atoms with E-state index in [1.165, 1.54) is 10.1 Å². The number of hydrogen-bond donors (Lipinski definition) is 1. The van der Waals surface area contributed by atoms with Crippen molar-refractivity contribution in [1.29, 1.82) is 0 Å². The topological polar surface area (TPSA) is 93.5 Å². The Bertz CT molecular complexity index is 1280. The molecular formula is C27H30N4O4. The van der Waals surface area contributed by atoms with Gasteiger partial charge < -0.3 is 15.0 Å². The molecule has 0 atom stereocenters. The minimum Gasteiger partial charge on any atom is -0.450 e. The van der Waals surface area contributed by atoms with E-state index in [2.05, 4.69) is 12.2 Å². The molecule has 1 aliphatic heterocycles. The number of ether oxygens (including phenoxy) is 1. The molecule has 4 rings (SSSR count). The van der Waals surface area contributed by atoms with Gasteiger partial charge in [0.05, 0.1) is 18.8 Å². The van der Waals surface area contributed by atoms with E-state index in [4.69, 9.17) is 9.72 Å². The fourth-order valence-corrected chi connectivity index (χ4v) is 4.14. The maximum absolute atomic E-state index is 13.6. The molecule has 0 fully saturated rings. The second-order valence-corrected chi connectivity index (χ2v) is 8.59. The van der Waals surface area contributed by atoms with Crippen molar-refractivity contribution in [3.8, 4) is 11.4 Å². The van der Waals surface area contributed by atoms with Crippen LogP contribution in [-0.4, -0.2) is 39.6 Å². The second kappa shape index (κ2) is 10.5. The van der Waals surface area contributed by atoms with Crippen LogP contribution in [0.5, 0.6) is 0 Å². The zero-order chi connectivity index (χ0) is 24.9. The van der Waals surface area contributed by atoms with E-state index in [-0.39, 0.29) is 31.2 Å². The largest absolute Gasteiger partial charge is 0.450 e. The van der Waals surface area contributed by atoms with Crippen LogP contribution in [0.1, 0.15) is 36.2 Å². The van der Waals surface area contributed by atoms with Gasteiger partial charge in [0.2, 0.25) is 5.91 Å². The molecule has 1 aliphatic rings. The monoisotopic (exact) mass is 474 g/mol. The van der Waals surface area contributed by atoms with Gasteiger partial charge in [-0.2, -0.15) is 0 Å². The van der Waals surface area contributed by atoms with Crippen molar-refractivity contribution in [1.82, 2.24) is 14.5 Å². The summed E-state index contributed by atoms with van der Waals surface area (Å²) in [4.78, 5) is 45.1. The molecule has 2 heterocycles. The highest BCUT2D eigenvalue weighted by atomic mass is 16.6. The molecule has 0 bridgehead atoms. The van der Waals surface area contributed by atoms with Crippen molar-refractivity contribution in [3.63, 3.8) is 0 Å². The molecule has 1 aromatic heterocycles. The average molecular weight is 475 g/mol. The van der Waals surface area contributed by atoms with E-state index in [1.54, 1.807) is 11.8 Å². The number of carbonyl (C=O) groups is 2. The zero-order valence-electron chi connectivity index (χ0n) is 20.3. The van der Waals surface area contributed by atoms with Gasteiger partial charge >= 0.3 is 6.09 Å². The zero-order valence-corrected chi connectivity index (χ0v) is 20.3. The Hall–Kier alpha value is -3.94. The number of fused-ring (bicyclic) bond motifs is 1. The predicted octanol–water partition coefficient (Wildman–Crippen LogP) is 3.93. The second-order valence-electron chi connectivity index (χ2n) is 8.59. The molecule has 35 heavy (non-hydrogen) atoms. The number of benzene rings is 2. The third-order valence-corrected chi connectivity index (χ3v) is 6.10. The third-order valence-electron chi connectivity index (χ3n) is 6.10. The van der Waals surface area contributed by atoms with Gasteiger partial charge in [-0.3, -0.25) is 14.2 Å². The van der Waals surface area contributed by atoms with Crippen molar-refractivity contribution in [3.05, 3.63) is 81.3 Å².